The fourth-order valence-electron chi connectivity index (χ4n) is 5.87. The van der Waals surface area contributed by atoms with Crippen LogP contribution in [0.15, 0.2) is 63.9 Å². The SMILES string of the molecule is CC(=O)Oc1ccc(-c2c3c4cc(OC(C)=O)c(OC(C)=O)cc4oc(=O)c3n3ccc4cc(OC(C)=O)c(OC(C)=O)cc4c23)cc1OC(C)=O. The first-order chi connectivity index (χ1) is 24.6. The zero-order chi connectivity index (χ0) is 37.6. The predicted molar refractivity (Wildman–Crippen MR) is 182 cm³/mol. The number of ether oxygens (including phenoxy) is 6. The van der Waals surface area contributed by atoms with Crippen LogP contribution in [-0.2, 0) is 28.8 Å². The molecule has 15 heteroatoms. The Morgan fingerprint density at radius 1 is 0.519 bits per heavy atom. The molecule has 3 aromatic carbocycles. The summed E-state index contributed by atoms with van der Waals surface area (Å²) in [6.07, 6.45) is 1.57. The van der Waals surface area contributed by atoms with Crippen molar-refractivity contribution in [2.45, 2.75) is 41.5 Å². The second-order valence-corrected chi connectivity index (χ2v) is 11.4. The molecule has 6 rings (SSSR count). The van der Waals surface area contributed by atoms with E-state index < -0.39 is 41.4 Å². The number of aromatic nitrogens is 1. The Labute approximate surface area is 292 Å². The van der Waals surface area contributed by atoms with Crippen molar-refractivity contribution in [2.75, 3.05) is 0 Å². The summed E-state index contributed by atoms with van der Waals surface area (Å²) < 4.78 is 39.4. The van der Waals surface area contributed by atoms with Gasteiger partial charge in [-0.2, -0.15) is 0 Å². The number of esters is 6. The molecule has 0 aliphatic carbocycles. The summed E-state index contributed by atoms with van der Waals surface area (Å²) in [5.74, 6) is -4.96. The molecule has 0 fully saturated rings. The lowest BCUT2D eigenvalue weighted by molar-refractivity contribution is -0.134. The van der Waals surface area contributed by atoms with E-state index in [1.54, 1.807) is 18.3 Å². The van der Waals surface area contributed by atoms with Crippen molar-refractivity contribution in [1.29, 1.82) is 0 Å². The number of rotatable bonds is 7. The van der Waals surface area contributed by atoms with Gasteiger partial charge in [0.15, 0.2) is 34.5 Å². The molecule has 0 saturated heterocycles. The lowest BCUT2D eigenvalue weighted by Crippen LogP contribution is -2.08. The maximum Gasteiger partial charge on any atom is 0.361 e. The molecule has 0 amide bonds. The third-order valence-corrected chi connectivity index (χ3v) is 7.45. The van der Waals surface area contributed by atoms with Gasteiger partial charge >= 0.3 is 41.4 Å². The fourth-order valence-corrected chi connectivity index (χ4v) is 5.87. The van der Waals surface area contributed by atoms with Crippen LogP contribution in [0.4, 0.5) is 0 Å². The Kier molecular flexibility index (Phi) is 8.94. The molecule has 3 aromatic heterocycles. The summed E-state index contributed by atoms with van der Waals surface area (Å²) >= 11 is 0. The Balaban J connectivity index is 1.85. The zero-order valence-corrected chi connectivity index (χ0v) is 28.4. The molecule has 0 N–H and O–H groups in total. The van der Waals surface area contributed by atoms with E-state index in [4.69, 9.17) is 32.8 Å². The first kappa shape index (κ1) is 34.8. The summed E-state index contributed by atoms with van der Waals surface area (Å²) in [5, 5.41) is 1.34. The molecule has 0 spiro atoms. The number of hydrogen-bond donors (Lipinski definition) is 0. The van der Waals surface area contributed by atoms with Crippen molar-refractivity contribution in [3.05, 3.63) is 65.1 Å². The Hall–Kier alpha value is -7.03. The van der Waals surface area contributed by atoms with Crippen molar-refractivity contribution in [2.24, 2.45) is 0 Å². The second-order valence-electron chi connectivity index (χ2n) is 11.4. The quantitative estimate of drug-likeness (QED) is 0.113. The van der Waals surface area contributed by atoms with Crippen LogP contribution >= 0.6 is 0 Å². The number of carbonyl (C=O) groups is 6. The molecule has 0 aliphatic heterocycles. The summed E-state index contributed by atoms with van der Waals surface area (Å²) in [6.45, 7) is 6.98. The highest BCUT2D eigenvalue weighted by molar-refractivity contribution is 6.22. The minimum absolute atomic E-state index is 0.00427. The number of nitrogens with zero attached hydrogens (tertiary/aromatic N) is 1. The third-order valence-electron chi connectivity index (χ3n) is 7.45. The van der Waals surface area contributed by atoms with E-state index in [0.29, 0.717) is 27.4 Å². The van der Waals surface area contributed by atoms with Gasteiger partial charge in [-0.3, -0.25) is 28.8 Å². The van der Waals surface area contributed by atoms with Crippen LogP contribution in [0.5, 0.6) is 34.5 Å². The van der Waals surface area contributed by atoms with Gasteiger partial charge in [-0.15, -0.1) is 0 Å². The van der Waals surface area contributed by atoms with Crippen molar-refractivity contribution in [3.8, 4) is 45.6 Å². The Morgan fingerprint density at radius 3 is 1.52 bits per heavy atom. The molecule has 3 heterocycles. The number of carbonyl (C=O) groups excluding carboxylic acids is 6. The lowest BCUT2D eigenvalue weighted by Gasteiger charge is -2.14. The molecule has 0 atom stereocenters. The van der Waals surface area contributed by atoms with Crippen molar-refractivity contribution >= 4 is 74.0 Å². The normalized spacial score (nSPS) is 11.0. The highest BCUT2D eigenvalue weighted by Crippen LogP contribution is 2.46. The molecule has 0 saturated carbocycles. The lowest BCUT2D eigenvalue weighted by atomic mass is 9.97. The molecule has 0 unspecified atom stereocenters. The number of benzene rings is 3. The monoisotopic (exact) mass is 709 g/mol. The van der Waals surface area contributed by atoms with Gasteiger partial charge in [0, 0.05) is 75.5 Å². The van der Waals surface area contributed by atoms with E-state index in [0.717, 1.165) is 20.8 Å². The molecular formula is C37H27NO14. The molecule has 0 aliphatic rings. The third kappa shape index (κ3) is 6.61. The van der Waals surface area contributed by atoms with E-state index in [2.05, 4.69) is 0 Å². The molecule has 264 valence electrons. The van der Waals surface area contributed by atoms with Crippen LogP contribution in [0, 0.1) is 0 Å². The molecule has 0 bridgehead atoms. The van der Waals surface area contributed by atoms with E-state index >= 15 is 0 Å². The van der Waals surface area contributed by atoms with Gasteiger partial charge < -0.3 is 37.2 Å². The maximum atomic E-state index is 13.9. The van der Waals surface area contributed by atoms with E-state index in [1.165, 1.54) is 61.6 Å². The number of fused-ring (bicyclic) bond motifs is 7. The van der Waals surface area contributed by atoms with E-state index in [1.807, 2.05) is 0 Å². The molecule has 0 radical (unpaired) electrons. The van der Waals surface area contributed by atoms with Gasteiger partial charge in [0.1, 0.15) is 11.1 Å². The van der Waals surface area contributed by atoms with Crippen LogP contribution in [0.25, 0.3) is 49.3 Å². The average molecular weight is 710 g/mol. The van der Waals surface area contributed by atoms with Gasteiger partial charge in [0.05, 0.1) is 5.52 Å². The summed E-state index contributed by atoms with van der Waals surface area (Å²) in [4.78, 5) is 86.2. The topological polar surface area (TPSA) is 192 Å². The number of pyridine rings is 1. The van der Waals surface area contributed by atoms with E-state index in [-0.39, 0.29) is 56.4 Å². The minimum Gasteiger partial charge on any atom is -0.423 e. The van der Waals surface area contributed by atoms with E-state index in [9.17, 15) is 33.6 Å². The average Bonchev–Trinajstić information content (AvgIpc) is 3.38. The standard InChI is InChI=1S/C37H27NO14/c1-16(39)46-26-8-7-23(12-28(26)47-17(2)40)33-34-25-14-31(50-20(5)43)32(51-21(6)44)15-27(25)52-37(45)36(34)38-10-9-22-11-29(48-18(3)41)30(49-19(4)42)13-24(22)35(33)38/h7-15H,1-6H3. The zero-order valence-electron chi connectivity index (χ0n) is 28.4. The maximum absolute atomic E-state index is 13.9. The largest absolute Gasteiger partial charge is 0.423 e. The van der Waals surface area contributed by atoms with Gasteiger partial charge in [0.25, 0.3) is 0 Å². The first-order valence-corrected chi connectivity index (χ1v) is 15.4. The molecule has 15 nitrogen and oxygen atoms in total. The second kappa shape index (κ2) is 13.4. The van der Waals surface area contributed by atoms with Crippen LogP contribution < -0.4 is 34.0 Å². The molecule has 6 aromatic rings. The summed E-state index contributed by atoms with van der Waals surface area (Å²) in [7, 11) is 0. The van der Waals surface area contributed by atoms with Crippen LogP contribution in [0.2, 0.25) is 0 Å². The Morgan fingerprint density at radius 2 is 0.981 bits per heavy atom. The Bertz CT molecular complexity index is 2630. The predicted octanol–water partition coefficient (Wildman–Crippen LogP) is 5.57. The van der Waals surface area contributed by atoms with Gasteiger partial charge in [-0.1, -0.05) is 6.07 Å². The van der Waals surface area contributed by atoms with Crippen molar-refractivity contribution in [3.63, 3.8) is 0 Å². The van der Waals surface area contributed by atoms with Gasteiger partial charge in [-0.05, 0) is 47.3 Å². The van der Waals surface area contributed by atoms with Gasteiger partial charge in [0.2, 0.25) is 0 Å². The molecular weight excluding hydrogens is 682 g/mol. The van der Waals surface area contributed by atoms with Crippen LogP contribution in [0.3, 0.4) is 0 Å². The highest BCUT2D eigenvalue weighted by Gasteiger charge is 2.26. The first-order valence-electron chi connectivity index (χ1n) is 15.4. The van der Waals surface area contributed by atoms with Crippen LogP contribution in [0.1, 0.15) is 41.5 Å². The molecule has 52 heavy (non-hydrogen) atoms. The van der Waals surface area contributed by atoms with Crippen molar-refractivity contribution in [1.82, 2.24) is 4.40 Å². The minimum atomic E-state index is -0.828. The smallest absolute Gasteiger partial charge is 0.361 e. The highest BCUT2D eigenvalue weighted by atomic mass is 16.6. The van der Waals surface area contributed by atoms with Gasteiger partial charge in [-0.25, -0.2) is 4.79 Å². The van der Waals surface area contributed by atoms with Crippen LogP contribution in [-0.4, -0.2) is 40.2 Å². The summed E-state index contributed by atoms with van der Waals surface area (Å²) in [5.41, 5.74) is 0.109. The summed E-state index contributed by atoms with van der Waals surface area (Å²) in [6, 6.07) is 11.5. The van der Waals surface area contributed by atoms with Crippen molar-refractivity contribution < 1.29 is 61.6 Å². The number of hydrogen-bond acceptors (Lipinski definition) is 14. The fraction of sp³-hybridized carbons (Fsp3) is 0.162.